The molecule has 0 bridgehead atoms. The molecule has 0 saturated heterocycles. The fraction of sp³-hybridized carbons (Fsp3) is 0. The second kappa shape index (κ2) is 4.53. The van der Waals surface area contributed by atoms with Crippen molar-refractivity contribution in [2.45, 2.75) is 0 Å². The van der Waals surface area contributed by atoms with Crippen molar-refractivity contribution >= 4 is 33.5 Å². The molecule has 5 nitrogen and oxygen atoms in total. The molecule has 0 fully saturated rings. The Morgan fingerprint density at radius 2 is 1.52 bits per heavy atom. The largest absolute Gasteiger partial charge is 0.506 e. The molecular formula is C15H7BrO5. The average Bonchev–Trinajstić information content (AvgIpc) is 2.46. The van der Waals surface area contributed by atoms with Crippen molar-refractivity contribution in [3.8, 4) is 5.75 Å². The summed E-state index contributed by atoms with van der Waals surface area (Å²) in [6.07, 6.45) is 0. The predicted octanol–water partition coefficient (Wildman–Crippen LogP) is 2.63. The van der Waals surface area contributed by atoms with Gasteiger partial charge in [0.25, 0.3) is 0 Å². The minimum Gasteiger partial charge on any atom is -0.506 e. The predicted molar refractivity (Wildman–Crippen MR) is 76.1 cm³/mol. The van der Waals surface area contributed by atoms with Crippen LogP contribution >= 0.6 is 15.9 Å². The van der Waals surface area contributed by atoms with Crippen molar-refractivity contribution in [3.05, 3.63) is 62.6 Å². The highest BCUT2D eigenvalue weighted by Crippen LogP contribution is 2.39. The molecule has 1 aliphatic carbocycles. The highest BCUT2D eigenvalue weighted by molar-refractivity contribution is 9.10. The Bertz CT molecular complexity index is 838. The molecule has 2 aromatic rings. The number of hydrogen-bond donors (Lipinski definition) is 2. The lowest BCUT2D eigenvalue weighted by molar-refractivity contribution is 0.0693. The van der Waals surface area contributed by atoms with Crippen LogP contribution in [0.25, 0.3) is 0 Å². The van der Waals surface area contributed by atoms with E-state index in [1.165, 1.54) is 12.1 Å². The molecule has 0 aromatic heterocycles. The Morgan fingerprint density at radius 3 is 2.05 bits per heavy atom. The second-order valence-electron chi connectivity index (χ2n) is 4.51. The third-order valence-electron chi connectivity index (χ3n) is 3.35. The van der Waals surface area contributed by atoms with E-state index in [9.17, 15) is 19.5 Å². The van der Waals surface area contributed by atoms with E-state index >= 15 is 0 Å². The number of aromatic carboxylic acids is 1. The molecular weight excluding hydrogens is 340 g/mol. The fourth-order valence-corrected chi connectivity index (χ4v) is 3.00. The van der Waals surface area contributed by atoms with Gasteiger partial charge in [-0.1, -0.05) is 24.3 Å². The summed E-state index contributed by atoms with van der Waals surface area (Å²) in [4.78, 5) is 36.1. The zero-order chi connectivity index (χ0) is 15.3. The lowest BCUT2D eigenvalue weighted by Crippen LogP contribution is -2.22. The van der Waals surface area contributed by atoms with Crippen molar-refractivity contribution in [1.29, 1.82) is 0 Å². The molecule has 0 aliphatic heterocycles. The number of fused-ring (bicyclic) bond motifs is 2. The first kappa shape index (κ1) is 13.5. The highest BCUT2D eigenvalue weighted by Gasteiger charge is 2.35. The van der Waals surface area contributed by atoms with E-state index in [0.29, 0.717) is 0 Å². The number of carbonyl (C=O) groups excluding carboxylic acids is 2. The lowest BCUT2D eigenvalue weighted by Gasteiger charge is -2.20. The molecule has 2 aromatic carbocycles. The van der Waals surface area contributed by atoms with Gasteiger partial charge in [0.15, 0.2) is 11.6 Å². The van der Waals surface area contributed by atoms with Crippen LogP contribution in [0.15, 0.2) is 34.8 Å². The monoisotopic (exact) mass is 346 g/mol. The van der Waals surface area contributed by atoms with Gasteiger partial charge in [-0.15, -0.1) is 0 Å². The summed E-state index contributed by atoms with van der Waals surface area (Å²) in [5.41, 5.74) is -0.328. The Hall–Kier alpha value is -2.47. The Labute approximate surface area is 127 Å². The first-order valence-corrected chi connectivity index (χ1v) is 6.70. The minimum absolute atomic E-state index is 0.0128. The van der Waals surface area contributed by atoms with Crippen molar-refractivity contribution < 1.29 is 24.6 Å². The quantitative estimate of drug-likeness (QED) is 0.706. The number of carboxylic acid groups (broad SMARTS) is 1. The number of carboxylic acids is 1. The molecule has 0 unspecified atom stereocenters. The van der Waals surface area contributed by atoms with Crippen LogP contribution in [-0.4, -0.2) is 27.7 Å². The van der Waals surface area contributed by atoms with Crippen molar-refractivity contribution in [3.63, 3.8) is 0 Å². The van der Waals surface area contributed by atoms with Gasteiger partial charge in [0.05, 0.1) is 11.1 Å². The van der Waals surface area contributed by atoms with Gasteiger partial charge < -0.3 is 10.2 Å². The van der Waals surface area contributed by atoms with E-state index < -0.39 is 28.8 Å². The maximum absolute atomic E-state index is 12.5. The van der Waals surface area contributed by atoms with Crippen LogP contribution in [0.2, 0.25) is 0 Å². The summed E-state index contributed by atoms with van der Waals surface area (Å²) in [6, 6.07) is 7.35. The molecule has 104 valence electrons. The molecule has 6 heteroatoms. The van der Waals surface area contributed by atoms with Crippen molar-refractivity contribution in [1.82, 2.24) is 0 Å². The maximum Gasteiger partial charge on any atom is 0.339 e. The van der Waals surface area contributed by atoms with E-state index in [1.54, 1.807) is 12.1 Å². The highest BCUT2D eigenvalue weighted by atomic mass is 79.9. The number of rotatable bonds is 1. The van der Waals surface area contributed by atoms with Crippen LogP contribution in [-0.2, 0) is 0 Å². The second-order valence-corrected chi connectivity index (χ2v) is 5.37. The normalized spacial score (nSPS) is 12.8. The summed E-state index contributed by atoms with van der Waals surface area (Å²) < 4.78 is 0.167. The lowest BCUT2D eigenvalue weighted by atomic mass is 9.82. The van der Waals surface area contributed by atoms with Gasteiger partial charge in [0.1, 0.15) is 11.3 Å². The summed E-state index contributed by atoms with van der Waals surface area (Å²) in [6.45, 7) is 0. The Kier molecular flexibility index (Phi) is 2.91. The first-order chi connectivity index (χ1) is 9.93. The van der Waals surface area contributed by atoms with Gasteiger partial charge in [-0.3, -0.25) is 9.59 Å². The number of hydrogen-bond acceptors (Lipinski definition) is 4. The summed E-state index contributed by atoms with van der Waals surface area (Å²) >= 11 is 3.11. The van der Waals surface area contributed by atoms with E-state index in [0.717, 1.165) is 6.07 Å². The summed E-state index contributed by atoms with van der Waals surface area (Å²) in [5, 5.41) is 19.1. The smallest absolute Gasteiger partial charge is 0.339 e. The van der Waals surface area contributed by atoms with Crippen LogP contribution < -0.4 is 0 Å². The first-order valence-electron chi connectivity index (χ1n) is 5.90. The van der Waals surface area contributed by atoms with Gasteiger partial charge in [-0.2, -0.15) is 0 Å². The molecule has 0 radical (unpaired) electrons. The van der Waals surface area contributed by atoms with Crippen LogP contribution in [0.5, 0.6) is 5.75 Å². The number of halogens is 1. The van der Waals surface area contributed by atoms with E-state index in [4.69, 9.17) is 5.11 Å². The van der Waals surface area contributed by atoms with Gasteiger partial charge in [0.2, 0.25) is 0 Å². The number of carbonyl (C=O) groups is 3. The van der Waals surface area contributed by atoms with Gasteiger partial charge >= 0.3 is 5.97 Å². The third kappa shape index (κ3) is 1.80. The van der Waals surface area contributed by atoms with Crippen LogP contribution in [0, 0.1) is 0 Å². The number of ketones is 2. The standard InChI is InChI=1S/C15H7BrO5/c16-9-5-8(15(20)21)14(19)11-10(9)12(17)6-3-1-2-4-7(6)13(11)18/h1-5,19H,(H,20,21). The molecule has 2 N–H and O–H groups in total. The molecule has 0 saturated carbocycles. The maximum atomic E-state index is 12.5. The molecule has 0 spiro atoms. The number of benzene rings is 2. The van der Waals surface area contributed by atoms with E-state index in [1.807, 2.05) is 0 Å². The van der Waals surface area contributed by atoms with Crippen LogP contribution in [0.3, 0.4) is 0 Å². The van der Waals surface area contributed by atoms with E-state index in [-0.39, 0.29) is 26.7 Å². The zero-order valence-electron chi connectivity index (χ0n) is 10.4. The zero-order valence-corrected chi connectivity index (χ0v) is 12.0. The third-order valence-corrected chi connectivity index (χ3v) is 3.98. The van der Waals surface area contributed by atoms with Gasteiger partial charge in [-0.25, -0.2) is 4.79 Å². The van der Waals surface area contributed by atoms with E-state index in [2.05, 4.69) is 15.9 Å². The van der Waals surface area contributed by atoms with Crippen LogP contribution in [0.4, 0.5) is 0 Å². The Balaban J connectivity index is 2.41. The fourth-order valence-electron chi connectivity index (χ4n) is 2.39. The number of aromatic hydroxyl groups is 1. The summed E-state index contributed by atoms with van der Waals surface area (Å²) in [7, 11) is 0. The Morgan fingerprint density at radius 1 is 1.00 bits per heavy atom. The van der Waals surface area contributed by atoms with Gasteiger partial charge in [0, 0.05) is 15.6 Å². The average molecular weight is 347 g/mol. The van der Waals surface area contributed by atoms with Crippen molar-refractivity contribution in [2.75, 3.05) is 0 Å². The molecule has 0 atom stereocenters. The molecule has 1 aliphatic rings. The van der Waals surface area contributed by atoms with Gasteiger partial charge in [-0.05, 0) is 22.0 Å². The molecule has 0 heterocycles. The van der Waals surface area contributed by atoms with Crippen LogP contribution in [0.1, 0.15) is 42.2 Å². The molecule has 3 rings (SSSR count). The van der Waals surface area contributed by atoms with Crippen molar-refractivity contribution in [2.24, 2.45) is 0 Å². The SMILES string of the molecule is O=C(O)c1cc(Br)c2c(c1O)C(=O)c1ccccc1C2=O. The minimum atomic E-state index is -1.38. The number of phenols is 1. The topological polar surface area (TPSA) is 91.7 Å². The summed E-state index contributed by atoms with van der Waals surface area (Å²) in [5.74, 6) is -3.07. The molecule has 21 heavy (non-hydrogen) atoms. The molecule has 0 amide bonds.